The average molecular weight is 295 g/mol. The van der Waals surface area contributed by atoms with Crippen LogP contribution in [0.25, 0.3) is 22.3 Å². The van der Waals surface area contributed by atoms with Gasteiger partial charge in [0.25, 0.3) is 0 Å². The maximum absolute atomic E-state index is 5.99. The van der Waals surface area contributed by atoms with Crippen molar-refractivity contribution >= 4 is 34.4 Å². The molecule has 0 radical (unpaired) electrons. The molecule has 3 aromatic rings. The second kappa shape index (κ2) is 4.82. The highest BCUT2D eigenvalue weighted by Crippen LogP contribution is 2.28. The first-order chi connectivity index (χ1) is 10.3. The number of allylic oxidation sites excluding steroid dienone is 1. The summed E-state index contributed by atoms with van der Waals surface area (Å²) in [5.74, 6) is 0.901. The molecule has 21 heavy (non-hydrogen) atoms. The number of benzene rings is 1. The summed E-state index contributed by atoms with van der Waals surface area (Å²) in [5.41, 5.74) is 4.00. The van der Waals surface area contributed by atoms with Crippen molar-refractivity contribution in [1.29, 1.82) is 0 Å². The van der Waals surface area contributed by atoms with Gasteiger partial charge in [0.05, 0.1) is 17.2 Å². The van der Waals surface area contributed by atoms with Crippen LogP contribution in [0.4, 0.5) is 0 Å². The fourth-order valence-corrected chi connectivity index (χ4v) is 2.61. The molecule has 4 nitrogen and oxygen atoms in total. The van der Waals surface area contributed by atoms with E-state index in [0.717, 1.165) is 34.5 Å². The van der Waals surface area contributed by atoms with Gasteiger partial charge in [-0.1, -0.05) is 11.6 Å². The highest BCUT2D eigenvalue weighted by atomic mass is 35.5. The van der Waals surface area contributed by atoms with Crippen LogP contribution in [0.5, 0.6) is 0 Å². The quantitative estimate of drug-likeness (QED) is 0.719. The van der Waals surface area contributed by atoms with Crippen molar-refractivity contribution in [2.45, 2.75) is 6.42 Å². The fraction of sp³-hybridized carbons (Fsp3) is 0.0625. The van der Waals surface area contributed by atoms with Crippen LogP contribution in [-0.2, 0) is 0 Å². The molecular weight excluding hydrogens is 284 g/mol. The van der Waals surface area contributed by atoms with Crippen molar-refractivity contribution in [2.24, 2.45) is 4.99 Å². The number of rotatable bonds is 2. The number of fused-ring (bicyclic) bond motifs is 1. The number of aromatic nitrogens is 3. The van der Waals surface area contributed by atoms with Gasteiger partial charge < -0.3 is 0 Å². The largest absolute Gasteiger partial charge is 0.291 e. The third-order valence-electron chi connectivity index (χ3n) is 3.48. The average Bonchev–Trinajstić information content (AvgIpc) is 3.15. The van der Waals surface area contributed by atoms with E-state index >= 15 is 0 Å². The summed E-state index contributed by atoms with van der Waals surface area (Å²) in [5, 5.41) is 0.714. The van der Waals surface area contributed by atoms with Gasteiger partial charge in [0.1, 0.15) is 5.82 Å². The molecule has 0 amide bonds. The zero-order valence-corrected chi connectivity index (χ0v) is 11.8. The molecule has 0 fully saturated rings. The van der Waals surface area contributed by atoms with Gasteiger partial charge in [-0.05, 0) is 30.3 Å². The number of pyridine rings is 1. The van der Waals surface area contributed by atoms with Crippen molar-refractivity contribution in [1.82, 2.24) is 14.5 Å². The van der Waals surface area contributed by atoms with Gasteiger partial charge in [-0.15, -0.1) is 0 Å². The van der Waals surface area contributed by atoms with Gasteiger partial charge >= 0.3 is 0 Å². The van der Waals surface area contributed by atoms with Gasteiger partial charge in [0.2, 0.25) is 0 Å². The minimum atomic E-state index is 0.714. The molecule has 0 N–H and O–H groups in total. The van der Waals surface area contributed by atoms with E-state index in [4.69, 9.17) is 16.6 Å². The van der Waals surface area contributed by atoms with E-state index < -0.39 is 0 Å². The monoisotopic (exact) mass is 294 g/mol. The number of nitrogens with zero attached hydrogens (tertiary/aromatic N) is 4. The number of hydrogen-bond acceptors (Lipinski definition) is 3. The zero-order valence-electron chi connectivity index (χ0n) is 11.1. The molecule has 0 atom stereocenters. The first-order valence-corrected chi connectivity index (χ1v) is 7.00. The summed E-state index contributed by atoms with van der Waals surface area (Å²) in [6.07, 6.45) is 8.13. The third kappa shape index (κ3) is 2.04. The summed E-state index contributed by atoms with van der Waals surface area (Å²) in [7, 11) is 0. The summed E-state index contributed by atoms with van der Waals surface area (Å²) >= 11 is 5.99. The molecule has 4 rings (SSSR count). The first-order valence-electron chi connectivity index (χ1n) is 6.62. The van der Waals surface area contributed by atoms with Gasteiger partial charge in [-0.25, -0.2) is 4.98 Å². The summed E-state index contributed by atoms with van der Waals surface area (Å²) < 4.78 is 2.10. The minimum absolute atomic E-state index is 0.714. The minimum Gasteiger partial charge on any atom is -0.291 e. The number of imidazole rings is 1. The lowest BCUT2D eigenvalue weighted by Gasteiger charge is -2.09. The van der Waals surface area contributed by atoms with E-state index in [1.54, 1.807) is 6.20 Å². The van der Waals surface area contributed by atoms with Gasteiger partial charge in [0, 0.05) is 41.3 Å². The Hall–Kier alpha value is -2.46. The zero-order chi connectivity index (χ0) is 14.2. The van der Waals surface area contributed by atoms with Crippen molar-refractivity contribution in [3.63, 3.8) is 0 Å². The summed E-state index contributed by atoms with van der Waals surface area (Å²) in [4.78, 5) is 13.1. The lowest BCUT2D eigenvalue weighted by Crippen LogP contribution is -2.00. The molecule has 0 unspecified atom stereocenters. The van der Waals surface area contributed by atoms with E-state index in [1.807, 2.05) is 48.9 Å². The highest BCUT2D eigenvalue weighted by molar-refractivity contribution is 6.30. The van der Waals surface area contributed by atoms with E-state index in [0.29, 0.717) is 5.02 Å². The van der Waals surface area contributed by atoms with E-state index in [2.05, 4.69) is 14.5 Å². The Morgan fingerprint density at radius 3 is 2.71 bits per heavy atom. The van der Waals surface area contributed by atoms with E-state index in [9.17, 15) is 0 Å². The van der Waals surface area contributed by atoms with Crippen LogP contribution in [-0.4, -0.2) is 20.7 Å². The molecule has 3 heterocycles. The molecule has 1 aromatic carbocycles. The van der Waals surface area contributed by atoms with Crippen molar-refractivity contribution < 1.29 is 0 Å². The fourth-order valence-electron chi connectivity index (χ4n) is 2.49. The molecule has 5 heteroatoms. The number of halogens is 1. The topological polar surface area (TPSA) is 43.1 Å². The van der Waals surface area contributed by atoms with Crippen LogP contribution in [0.3, 0.4) is 0 Å². The molecular formula is C16H11ClN4. The van der Waals surface area contributed by atoms with Gasteiger partial charge in [-0.2, -0.15) is 0 Å². The van der Waals surface area contributed by atoms with Crippen LogP contribution < -0.4 is 0 Å². The Morgan fingerprint density at radius 2 is 1.95 bits per heavy atom. The van der Waals surface area contributed by atoms with Crippen LogP contribution >= 0.6 is 11.6 Å². The molecule has 0 saturated carbocycles. The third-order valence-corrected chi connectivity index (χ3v) is 3.73. The van der Waals surface area contributed by atoms with Gasteiger partial charge in [0.15, 0.2) is 0 Å². The summed E-state index contributed by atoms with van der Waals surface area (Å²) in [6.45, 7) is 0. The predicted molar refractivity (Wildman–Crippen MR) is 85.0 cm³/mol. The first kappa shape index (κ1) is 12.3. The van der Waals surface area contributed by atoms with Crippen molar-refractivity contribution in [2.75, 3.05) is 0 Å². The molecule has 1 aliphatic heterocycles. The Bertz CT molecular complexity index is 875. The number of hydrogen-bond donors (Lipinski definition) is 0. The standard InChI is InChI=1S/C16H11ClN4/c17-12-1-3-13(4-2-12)21-15-10-19-8-6-14(15)20-16(21)11-5-7-18-9-11/h1-4,6-10H,5H2. The lowest BCUT2D eigenvalue weighted by molar-refractivity contribution is 1.04. The summed E-state index contributed by atoms with van der Waals surface area (Å²) in [6, 6.07) is 9.64. The van der Waals surface area contributed by atoms with E-state index in [-0.39, 0.29) is 0 Å². The molecule has 0 saturated heterocycles. The van der Waals surface area contributed by atoms with Gasteiger partial charge in [-0.3, -0.25) is 14.5 Å². The Morgan fingerprint density at radius 1 is 1.10 bits per heavy atom. The second-order valence-corrected chi connectivity index (χ2v) is 5.24. The molecule has 0 spiro atoms. The molecule has 0 aliphatic carbocycles. The second-order valence-electron chi connectivity index (χ2n) is 4.80. The van der Waals surface area contributed by atoms with Crippen LogP contribution in [0, 0.1) is 0 Å². The molecule has 0 bridgehead atoms. The normalized spacial score (nSPS) is 13.9. The maximum Gasteiger partial charge on any atom is 0.143 e. The smallest absolute Gasteiger partial charge is 0.143 e. The molecule has 2 aromatic heterocycles. The Labute approximate surface area is 126 Å². The Balaban J connectivity index is 2.00. The lowest BCUT2D eigenvalue weighted by atomic mass is 10.2. The van der Waals surface area contributed by atoms with Crippen LogP contribution in [0.15, 0.2) is 53.9 Å². The maximum atomic E-state index is 5.99. The molecule has 1 aliphatic rings. The predicted octanol–water partition coefficient (Wildman–Crippen LogP) is 3.89. The van der Waals surface area contributed by atoms with Crippen LogP contribution in [0.1, 0.15) is 12.2 Å². The van der Waals surface area contributed by atoms with E-state index in [1.165, 1.54) is 0 Å². The Kier molecular flexibility index (Phi) is 2.82. The molecule has 102 valence electrons. The highest BCUT2D eigenvalue weighted by Gasteiger charge is 2.17. The van der Waals surface area contributed by atoms with Crippen molar-refractivity contribution in [3.05, 3.63) is 59.8 Å². The SMILES string of the molecule is Clc1ccc(-n2c(C3=CN=CC3)nc3ccncc32)cc1. The number of aliphatic imine (C=N–C) groups is 1. The van der Waals surface area contributed by atoms with Crippen LogP contribution in [0.2, 0.25) is 5.02 Å². The van der Waals surface area contributed by atoms with Crippen molar-refractivity contribution in [3.8, 4) is 5.69 Å².